The molecule has 104 valence electrons. The maximum absolute atomic E-state index is 12.1. The van der Waals surface area contributed by atoms with Gasteiger partial charge in [-0.3, -0.25) is 9.71 Å². The number of aromatic carboxylic acids is 1. The van der Waals surface area contributed by atoms with Crippen LogP contribution in [0.4, 0.5) is 5.69 Å². The van der Waals surface area contributed by atoms with Gasteiger partial charge in [0.05, 0.1) is 11.3 Å². The molecule has 0 aliphatic heterocycles. The summed E-state index contributed by atoms with van der Waals surface area (Å²) in [6, 6.07) is 7.47. The van der Waals surface area contributed by atoms with Gasteiger partial charge < -0.3 is 5.11 Å². The van der Waals surface area contributed by atoms with Crippen molar-refractivity contribution < 1.29 is 18.3 Å². The number of carbonyl (C=O) groups is 1. The Morgan fingerprint density at radius 2 is 2.00 bits per heavy atom. The lowest BCUT2D eigenvalue weighted by Gasteiger charge is -2.11. The fourth-order valence-electron chi connectivity index (χ4n) is 1.75. The van der Waals surface area contributed by atoms with Crippen molar-refractivity contribution in [1.82, 2.24) is 4.98 Å². The molecule has 0 bridgehead atoms. The van der Waals surface area contributed by atoms with E-state index in [1.165, 1.54) is 30.6 Å². The van der Waals surface area contributed by atoms with Crippen molar-refractivity contribution in [2.45, 2.75) is 11.8 Å². The Bertz CT molecular complexity index is 742. The van der Waals surface area contributed by atoms with Gasteiger partial charge in [-0.15, -0.1) is 0 Å². The number of hydrogen-bond donors (Lipinski definition) is 2. The van der Waals surface area contributed by atoms with Crippen molar-refractivity contribution in [3.05, 3.63) is 53.9 Å². The molecule has 6 nitrogen and oxygen atoms in total. The van der Waals surface area contributed by atoms with Crippen molar-refractivity contribution in [2.24, 2.45) is 0 Å². The lowest BCUT2D eigenvalue weighted by atomic mass is 10.1. The van der Waals surface area contributed by atoms with Gasteiger partial charge in [0.1, 0.15) is 4.90 Å². The van der Waals surface area contributed by atoms with Crippen LogP contribution in [0.5, 0.6) is 0 Å². The zero-order valence-corrected chi connectivity index (χ0v) is 11.4. The van der Waals surface area contributed by atoms with Crippen LogP contribution in [0.2, 0.25) is 0 Å². The molecule has 0 aliphatic rings. The Morgan fingerprint density at radius 1 is 1.25 bits per heavy atom. The van der Waals surface area contributed by atoms with Gasteiger partial charge >= 0.3 is 5.97 Å². The SMILES string of the molecule is Cc1cccc(NS(=O)(=O)c2cccnc2)c1C(=O)O. The summed E-state index contributed by atoms with van der Waals surface area (Å²) < 4.78 is 26.6. The maximum Gasteiger partial charge on any atom is 0.338 e. The average Bonchev–Trinajstić information content (AvgIpc) is 2.39. The Morgan fingerprint density at radius 3 is 2.60 bits per heavy atom. The number of hydrogen-bond acceptors (Lipinski definition) is 4. The smallest absolute Gasteiger partial charge is 0.338 e. The van der Waals surface area contributed by atoms with E-state index in [1.807, 2.05) is 0 Å². The van der Waals surface area contributed by atoms with E-state index >= 15 is 0 Å². The molecule has 0 saturated carbocycles. The van der Waals surface area contributed by atoms with Crippen LogP contribution in [0.3, 0.4) is 0 Å². The second-order valence-electron chi connectivity index (χ2n) is 4.10. The minimum Gasteiger partial charge on any atom is -0.478 e. The molecule has 20 heavy (non-hydrogen) atoms. The number of anilines is 1. The monoisotopic (exact) mass is 292 g/mol. The molecule has 0 saturated heterocycles. The van der Waals surface area contributed by atoms with Crippen LogP contribution in [0, 0.1) is 6.92 Å². The first-order valence-electron chi connectivity index (χ1n) is 5.67. The summed E-state index contributed by atoms with van der Waals surface area (Å²) >= 11 is 0. The quantitative estimate of drug-likeness (QED) is 0.897. The van der Waals surface area contributed by atoms with Gasteiger partial charge in [-0.05, 0) is 30.7 Å². The number of carboxylic acids is 1. The Kier molecular flexibility index (Phi) is 3.71. The van der Waals surface area contributed by atoms with E-state index < -0.39 is 16.0 Å². The molecule has 0 atom stereocenters. The predicted molar refractivity (Wildman–Crippen MR) is 73.2 cm³/mol. The highest BCUT2D eigenvalue weighted by atomic mass is 32.2. The molecule has 0 radical (unpaired) electrons. The van der Waals surface area contributed by atoms with E-state index in [-0.39, 0.29) is 16.1 Å². The molecule has 0 spiro atoms. The second kappa shape index (κ2) is 5.30. The third-order valence-corrected chi connectivity index (χ3v) is 4.03. The van der Waals surface area contributed by atoms with Crippen molar-refractivity contribution in [1.29, 1.82) is 0 Å². The first-order chi connectivity index (χ1) is 9.42. The number of benzene rings is 1. The largest absolute Gasteiger partial charge is 0.478 e. The van der Waals surface area contributed by atoms with Crippen molar-refractivity contribution in [3.8, 4) is 0 Å². The zero-order valence-electron chi connectivity index (χ0n) is 10.6. The van der Waals surface area contributed by atoms with Crippen molar-refractivity contribution >= 4 is 21.7 Å². The molecule has 2 rings (SSSR count). The highest BCUT2D eigenvalue weighted by molar-refractivity contribution is 7.92. The summed E-state index contributed by atoms with van der Waals surface area (Å²) in [5.41, 5.74) is 0.435. The Labute approximate surface area is 116 Å². The van der Waals surface area contributed by atoms with E-state index in [0.717, 1.165) is 0 Å². The van der Waals surface area contributed by atoms with E-state index in [0.29, 0.717) is 5.56 Å². The normalized spacial score (nSPS) is 11.1. The minimum absolute atomic E-state index is 0.0290. The van der Waals surface area contributed by atoms with Gasteiger partial charge in [-0.2, -0.15) is 0 Å². The molecule has 7 heteroatoms. The summed E-state index contributed by atoms with van der Waals surface area (Å²) in [4.78, 5) is 14.9. The number of nitrogens with zero attached hydrogens (tertiary/aromatic N) is 1. The number of pyridine rings is 1. The molecule has 0 amide bonds. The van der Waals surface area contributed by atoms with Gasteiger partial charge in [-0.25, -0.2) is 13.2 Å². The number of carboxylic acid groups (broad SMARTS) is 1. The summed E-state index contributed by atoms with van der Waals surface area (Å²) in [5.74, 6) is -1.19. The Balaban J connectivity index is 2.46. The van der Waals surface area contributed by atoms with E-state index in [1.54, 1.807) is 19.1 Å². The van der Waals surface area contributed by atoms with Crippen LogP contribution < -0.4 is 4.72 Å². The van der Waals surface area contributed by atoms with Gasteiger partial charge in [0.2, 0.25) is 0 Å². The molecule has 0 fully saturated rings. The molecule has 2 N–H and O–H groups in total. The average molecular weight is 292 g/mol. The fourth-order valence-corrected chi connectivity index (χ4v) is 2.78. The zero-order chi connectivity index (χ0) is 14.8. The van der Waals surface area contributed by atoms with Crippen LogP contribution in [0.25, 0.3) is 0 Å². The molecule has 1 aromatic carbocycles. The van der Waals surface area contributed by atoms with E-state index in [2.05, 4.69) is 9.71 Å². The molecule has 2 aromatic rings. The molecule has 0 unspecified atom stereocenters. The molecule has 1 aromatic heterocycles. The molecular formula is C13H12N2O4S. The molecule has 0 aliphatic carbocycles. The van der Waals surface area contributed by atoms with Crippen LogP contribution >= 0.6 is 0 Å². The third-order valence-electron chi connectivity index (χ3n) is 2.68. The lowest BCUT2D eigenvalue weighted by molar-refractivity contribution is 0.0697. The van der Waals surface area contributed by atoms with Crippen LogP contribution in [0.1, 0.15) is 15.9 Å². The van der Waals surface area contributed by atoms with Gasteiger partial charge in [-0.1, -0.05) is 12.1 Å². The van der Waals surface area contributed by atoms with Crippen LogP contribution in [0.15, 0.2) is 47.6 Å². The fraction of sp³-hybridized carbons (Fsp3) is 0.0769. The summed E-state index contributed by atoms with van der Waals surface area (Å²) in [5, 5.41) is 9.17. The summed E-state index contributed by atoms with van der Waals surface area (Å²) in [6.07, 6.45) is 2.65. The van der Waals surface area contributed by atoms with Crippen molar-refractivity contribution in [2.75, 3.05) is 4.72 Å². The maximum atomic E-state index is 12.1. The van der Waals surface area contributed by atoms with Gasteiger partial charge in [0.25, 0.3) is 10.0 Å². The number of aryl methyl sites for hydroxylation is 1. The minimum atomic E-state index is -3.86. The van der Waals surface area contributed by atoms with Gasteiger partial charge in [0.15, 0.2) is 0 Å². The number of aromatic nitrogens is 1. The number of nitrogens with one attached hydrogen (secondary N) is 1. The number of rotatable bonds is 4. The lowest BCUT2D eigenvalue weighted by Crippen LogP contribution is -2.16. The summed E-state index contributed by atoms with van der Waals surface area (Å²) in [6.45, 7) is 1.60. The summed E-state index contributed by atoms with van der Waals surface area (Å²) in [7, 11) is -3.86. The first kappa shape index (κ1) is 14.0. The highest BCUT2D eigenvalue weighted by Crippen LogP contribution is 2.22. The molecule has 1 heterocycles. The topological polar surface area (TPSA) is 96.4 Å². The van der Waals surface area contributed by atoms with E-state index in [9.17, 15) is 13.2 Å². The number of sulfonamides is 1. The third kappa shape index (κ3) is 2.77. The standard InChI is InChI=1S/C13H12N2O4S/c1-9-4-2-6-11(12(9)13(16)17)15-20(18,19)10-5-3-7-14-8-10/h2-8,15H,1H3,(H,16,17). The molecular weight excluding hydrogens is 280 g/mol. The highest BCUT2D eigenvalue weighted by Gasteiger charge is 2.19. The van der Waals surface area contributed by atoms with Crippen LogP contribution in [-0.2, 0) is 10.0 Å². The second-order valence-corrected chi connectivity index (χ2v) is 5.78. The predicted octanol–water partition coefficient (Wildman–Crippen LogP) is 1.89. The van der Waals surface area contributed by atoms with Crippen molar-refractivity contribution in [3.63, 3.8) is 0 Å². The van der Waals surface area contributed by atoms with E-state index in [4.69, 9.17) is 5.11 Å². The van der Waals surface area contributed by atoms with Gasteiger partial charge in [0, 0.05) is 12.4 Å². The first-order valence-corrected chi connectivity index (χ1v) is 7.16. The van der Waals surface area contributed by atoms with Crippen LogP contribution in [-0.4, -0.2) is 24.5 Å². The Hall–Kier alpha value is -2.41.